The minimum absolute atomic E-state index is 0.196. The zero-order valence-electron chi connectivity index (χ0n) is 6.63. The summed E-state index contributed by atoms with van der Waals surface area (Å²) in [4.78, 5) is 10.3. The summed E-state index contributed by atoms with van der Waals surface area (Å²) in [5.41, 5.74) is 0. The first-order valence-electron chi connectivity index (χ1n) is 3.10. The van der Waals surface area contributed by atoms with E-state index in [1.807, 2.05) is 0 Å². The molecule has 0 fully saturated rings. The number of hydrogen-bond donors (Lipinski definition) is 0. The molecule has 0 spiro atoms. The molecule has 0 aromatic carbocycles. The normalized spacial score (nSPS) is 14.1. The van der Waals surface area contributed by atoms with Gasteiger partial charge in [-0.25, -0.2) is 0 Å². The number of hydrogen-bond acceptors (Lipinski definition) is 1. The van der Waals surface area contributed by atoms with E-state index in [-0.39, 0.29) is 29.7 Å². The van der Waals surface area contributed by atoms with Crippen molar-refractivity contribution in [1.29, 1.82) is 0 Å². The van der Waals surface area contributed by atoms with E-state index in [0.29, 0.717) is 6.29 Å². The van der Waals surface area contributed by atoms with E-state index >= 15 is 0 Å². The van der Waals surface area contributed by atoms with Gasteiger partial charge in [0.2, 0.25) is 0 Å². The van der Waals surface area contributed by atoms with Crippen LogP contribution >= 0.6 is 81.2 Å². The topological polar surface area (TPSA) is 17.1 Å². The van der Waals surface area contributed by atoms with Crippen LogP contribution < -0.4 is 0 Å². The number of carbonyl (C=O) groups excluding carboxylic acids is 1. The third-order valence-electron chi connectivity index (χ3n) is 1.06. The summed E-state index contributed by atoms with van der Waals surface area (Å²) in [7, 11) is 0. The van der Waals surface area contributed by atoms with E-state index in [0.717, 1.165) is 0 Å². The van der Waals surface area contributed by atoms with Crippen molar-refractivity contribution >= 4 is 87.5 Å². The van der Waals surface area contributed by atoms with Crippen molar-refractivity contribution in [3.63, 3.8) is 0 Å². The molecule has 8 heteroatoms. The maximum absolute atomic E-state index is 10.3. The number of rotatable bonds is 3. The fourth-order valence-electron chi connectivity index (χ4n) is 0.432. The predicted molar refractivity (Wildman–Crippen MR) is 68.1 cm³/mol. The van der Waals surface area contributed by atoms with E-state index in [9.17, 15) is 4.79 Å². The summed E-state index contributed by atoms with van der Waals surface area (Å²) in [6.45, 7) is 0. The standard InChI is InChI=1S/C7HCl7O/c8-2(1-15)3(9)4(10)5(11)6(12)7(13)14/h1H/b3-2-,5-4-. The van der Waals surface area contributed by atoms with Gasteiger partial charge in [0.05, 0.1) is 20.1 Å². The molecule has 0 aliphatic heterocycles. The smallest absolute Gasteiger partial charge is 0.162 e. The van der Waals surface area contributed by atoms with Gasteiger partial charge < -0.3 is 0 Å². The molecule has 0 bridgehead atoms. The van der Waals surface area contributed by atoms with Crippen molar-refractivity contribution < 1.29 is 4.79 Å². The Morgan fingerprint density at radius 2 is 1.07 bits per heavy atom. The van der Waals surface area contributed by atoms with E-state index in [1.165, 1.54) is 0 Å². The lowest BCUT2D eigenvalue weighted by Gasteiger charge is -2.02. The largest absolute Gasteiger partial charge is 0.297 e. The van der Waals surface area contributed by atoms with Gasteiger partial charge in [-0.1, -0.05) is 81.2 Å². The average Bonchev–Trinajstić information content (AvgIpc) is 2.23. The van der Waals surface area contributed by atoms with Gasteiger partial charge in [0.15, 0.2) is 6.29 Å². The minimum atomic E-state index is -0.310. The third-order valence-corrected chi connectivity index (χ3v) is 3.82. The molecular weight excluding hydrogens is 348 g/mol. The van der Waals surface area contributed by atoms with Crippen LogP contribution in [0.4, 0.5) is 0 Å². The highest BCUT2D eigenvalue weighted by Crippen LogP contribution is 2.36. The molecule has 0 aliphatic rings. The second-order valence-corrected chi connectivity index (χ2v) is 4.85. The highest BCUT2D eigenvalue weighted by molar-refractivity contribution is 6.62. The highest BCUT2D eigenvalue weighted by Gasteiger charge is 2.14. The van der Waals surface area contributed by atoms with Crippen molar-refractivity contribution in [2.24, 2.45) is 0 Å². The van der Waals surface area contributed by atoms with Crippen molar-refractivity contribution in [3.8, 4) is 0 Å². The SMILES string of the molecule is O=C/C(Cl)=C(Cl)\C(Cl)=C(\Cl)C(Cl)=C(Cl)Cl. The molecule has 0 radical (unpaired) electrons. The van der Waals surface area contributed by atoms with Gasteiger partial charge >= 0.3 is 0 Å². The van der Waals surface area contributed by atoms with Crippen LogP contribution in [-0.2, 0) is 4.79 Å². The number of carbonyl (C=O) groups is 1. The summed E-state index contributed by atoms with van der Waals surface area (Å²) in [5.74, 6) is 0. The van der Waals surface area contributed by atoms with Crippen molar-refractivity contribution in [2.75, 3.05) is 0 Å². The molecule has 84 valence electrons. The van der Waals surface area contributed by atoms with Crippen LogP contribution in [0.25, 0.3) is 0 Å². The summed E-state index contributed by atoms with van der Waals surface area (Å²) < 4.78 is -0.286. The van der Waals surface area contributed by atoms with E-state index < -0.39 is 0 Å². The fraction of sp³-hybridized carbons (Fsp3) is 0. The quantitative estimate of drug-likeness (QED) is 0.376. The van der Waals surface area contributed by atoms with E-state index in [2.05, 4.69) is 0 Å². The zero-order valence-corrected chi connectivity index (χ0v) is 11.9. The Balaban J connectivity index is 5.50. The lowest BCUT2D eigenvalue weighted by molar-refractivity contribution is -0.104. The monoisotopic (exact) mass is 346 g/mol. The second-order valence-electron chi connectivity index (χ2n) is 1.98. The lowest BCUT2D eigenvalue weighted by atomic mass is 10.4. The molecular formula is C7HCl7O. The van der Waals surface area contributed by atoms with Gasteiger partial charge in [-0.15, -0.1) is 0 Å². The molecule has 0 aliphatic carbocycles. The Labute approximate surface area is 121 Å². The Morgan fingerprint density at radius 3 is 1.40 bits per heavy atom. The van der Waals surface area contributed by atoms with Gasteiger partial charge in [0, 0.05) is 0 Å². The maximum atomic E-state index is 10.3. The molecule has 0 saturated heterocycles. The Hall–Kier alpha value is 0.920. The molecule has 0 aromatic heterocycles. The Morgan fingerprint density at radius 1 is 0.667 bits per heavy atom. The summed E-state index contributed by atoms with van der Waals surface area (Å²) in [6, 6.07) is 0. The molecule has 0 N–H and O–H groups in total. The molecule has 0 amide bonds. The highest BCUT2D eigenvalue weighted by atomic mass is 35.5. The van der Waals surface area contributed by atoms with Crippen molar-refractivity contribution in [2.45, 2.75) is 0 Å². The maximum Gasteiger partial charge on any atom is 0.162 e. The predicted octanol–water partition coefficient (Wildman–Crippen LogP) is 5.45. The van der Waals surface area contributed by atoms with Crippen LogP contribution in [0.15, 0.2) is 29.7 Å². The molecule has 0 heterocycles. The third kappa shape index (κ3) is 4.74. The summed E-state index contributed by atoms with van der Waals surface area (Å²) in [5, 5.41) is -1.18. The second kappa shape index (κ2) is 7.29. The van der Waals surface area contributed by atoms with Crippen molar-refractivity contribution in [1.82, 2.24) is 0 Å². The average molecular weight is 349 g/mol. The van der Waals surface area contributed by atoms with Gasteiger partial charge in [0.1, 0.15) is 9.52 Å². The van der Waals surface area contributed by atoms with Gasteiger partial charge in [-0.05, 0) is 0 Å². The van der Waals surface area contributed by atoms with Gasteiger partial charge in [0.25, 0.3) is 0 Å². The summed E-state index contributed by atoms with van der Waals surface area (Å²) >= 11 is 38.7. The molecule has 0 unspecified atom stereocenters. The number of halogens is 7. The van der Waals surface area contributed by atoms with Crippen LogP contribution in [0.5, 0.6) is 0 Å². The van der Waals surface area contributed by atoms with Crippen LogP contribution in [-0.4, -0.2) is 6.29 Å². The lowest BCUT2D eigenvalue weighted by Crippen LogP contribution is -1.85. The van der Waals surface area contributed by atoms with Crippen LogP contribution in [0, 0.1) is 0 Å². The van der Waals surface area contributed by atoms with Crippen LogP contribution in [0.1, 0.15) is 0 Å². The van der Waals surface area contributed by atoms with E-state index in [4.69, 9.17) is 81.2 Å². The zero-order chi connectivity index (χ0) is 12.2. The summed E-state index contributed by atoms with van der Waals surface area (Å²) in [6.07, 6.45) is 0.302. The van der Waals surface area contributed by atoms with Gasteiger partial charge in [-0.3, -0.25) is 4.79 Å². The number of allylic oxidation sites excluding steroid dienone is 5. The van der Waals surface area contributed by atoms with E-state index in [1.54, 1.807) is 0 Å². The fourth-order valence-corrected chi connectivity index (χ4v) is 1.58. The first-order chi connectivity index (χ1) is 6.82. The minimum Gasteiger partial charge on any atom is -0.297 e. The first kappa shape index (κ1) is 15.9. The molecule has 0 rings (SSSR count). The molecule has 0 atom stereocenters. The van der Waals surface area contributed by atoms with Crippen molar-refractivity contribution in [3.05, 3.63) is 29.7 Å². The first-order valence-corrected chi connectivity index (χ1v) is 5.74. The number of aldehydes is 1. The molecule has 0 aromatic rings. The van der Waals surface area contributed by atoms with Gasteiger partial charge in [-0.2, -0.15) is 0 Å². The molecule has 15 heavy (non-hydrogen) atoms. The molecule has 1 nitrogen and oxygen atoms in total. The Kier molecular flexibility index (Phi) is 7.73. The van der Waals surface area contributed by atoms with Crippen LogP contribution in [0.2, 0.25) is 0 Å². The Bertz CT molecular complexity index is 362. The molecule has 0 saturated carbocycles. The van der Waals surface area contributed by atoms with Crippen LogP contribution in [0.3, 0.4) is 0 Å².